The van der Waals surface area contributed by atoms with Crippen molar-refractivity contribution in [3.05, 3.63) is 29.8 Å². The maximum atomic E-state index is 5.91. The number of para-hydroxylation sites is 1. The van der Waals surface area contributed by atoms with E-state index in [0.717, 1.165) is 25.3 Å². The standard InChI is InChI=1S/C11H13N3/c12-11-10-7-8-3-1-2-4-9(8)14(10)6-5-13-11/h1-4,10H,5-7H2,(H2,12,13). The molecule has 3 rings (SSSR count). The quantitative estimate of drug-likeness (QED) is 0.652. The maximum absolute atomic E-state index is 5.91. The van der Waals surface area contributed by atoms with Crippen LogP contribution in [-0.2, 0) is 6.42 Å². The number of nitrogens with two attached hydrogens (primary N) is 1. The Labute approximate surface area is 83.2 Å². The molecule has 2 N–H and O–H groups in total. The van der Waals surface area contributed by atoms with Crippen LogP contribution in [0.2, 0.25) is 0 Å². The highest BCUT2D eigenvalue weighted by Gasteiger charge is 2.32. The number of rotatable bonds is 0. The number of fused-ring (bicyclic) bond motifs is 3. The van der Waals surface area contributed by atoms with Crippen molar-refractivity contribution in [2.75, 3.05) is 18.0 Å². The first-order valence-corrected chi connectivity index (χ1v) is 5.00. The molecule has 0 radical (unpaired) electrons. The summed E-state index contributed by atoms with van der Waals surface area (Å²) in [4.78, 5) is 6.68. The zero-order valence-corrected chi connectivity index (χ0v) is 7.98. The van der Waals surface area contributed by atoms with E-state index in [2.05, 4.69) is 34.2 Å². The van der Waals surface area contributed by atoms with Gasteiger partial charge in [-0.1, -0.05) is 18.2 Å². The summed E-state index contributed by atoms with van der Waals surface area (Å²) in [5.74, 6) is 0.799. The van der Waals surface area contributed by atoms with Crippen LogP contribution < -0.4 is 10.6 Å². The van der Waals surface area contributed by atoms with Gasteiger partial charge in [-0.05, 0) is 11.6 Å². The minimum Gasteiger partial charge on any atom is -0.386 e. The molecule has 14 heavy (non-hydrogen) atoms. The molecule has 0 aliphatic carbocycles. The van der Waals surface area contributed by atoms with E-state index in [-0.39, 0.29) is 0 Å². The van der Waals surface area contributed by atoms with Crippen molar-refractivity contribution in [1.82, 2.24) is 0 Å². The molecular weight excluding hydrogens is 174 g/mol. The van der Waals surface area contributed by atoms with Gasteiger partial charge in [0.1, 0.15) is 5.84 Å². The lowest BCUT2D eigenvalue weighted by Gasteiger charge is -2.30. The molecule has 0 aromatic heterocycles. The van der Waals surface area contributed by atoms with Crippen molar-refractivity contribution in [3.63, 3.8) is 0 Å². The summed E-state index contributed by atoms with van der Waals surface area (Å²) in [6.45, 7) is 1.83. The number of hydrogen-bond acceptors (Lipinski definition) is 3. The molecule has 0 spiro atoms. The van der Waals surface area contributed by atoms with Crippen LogP contribution in [0.3, 0.4) is 0 Å². The lowest BCUT2D eigenvalue weighted by atomic mass is 10.1. The van der Waals surface area contributed by atoms with E-state index in [4.69, 9.17) is 5.73 Å². The fourth-order valence-corrected chi connectivity index (χ4v) is 2.38. The molecule has 72 valence electrons. The summed E-state index contributed by atoms with van der Waals surface area (Å²) >= 11 is 0. The molecule has 2 heterocycles. The molecule has 2 aliphatic heterocycles. The SMILES string of the molecule is NC1=NCCN2c3ccccc3CC12. The second-order valence-corrected chi connectivity index (χ2v) is 3.85. The number of nitrogens with zero attached hydrogens (tertiary/aromatic N) is 2. The normalized spacial score (nSPS) is 24.1. The van der Waals surface area contributed by atoms with E-state index in [1.54, 1.807) is 0 Å². The molecule has 0 amide bonds. The molecule has 1 aromatic rings. The predicted octanol–water partition coefficient (Wildman–Crippen LogP) is 0.788. The van der Waals surface area contributed by atoms with Gasteiger partial charge in [0.2, 0.25) is 0 Å². The predicted molar refractivity (Wildman–Crippen MR) is 57.8 cm³/mol. The smallest absolute Gasteiger partial charge is 0.117 e. The van der Waals surface area contributed by atoms with Gasteiger partial charge < -0.3 is 10.6 Å². The van der Waals surface area contributed by atoms with E-state index >= 15 is 0 Å². The van der Waals surface area contributed by atoms with Gasteiger partial charge >= 0.3 is 0 Å². The first-order chi connectivity index (χ1) is 6.86. The van der Waals surface area contributed by atoms with Crippen LogP contribution in [-0.4, -0.2) is 25.0 Å². The molecule has 0 fully saturated rings. The molecule has 3 heteroatoms. The lowest BCUT2D eigenvalue weighted by molar-refractivity contribution is 0.711. The molecule has 1 unspecified atom stereocenters. The van der Waals surface area contributed by atoms with Crippen molar-refractivity contribution in [3.8, 4) is 0 Å². The minimum atomic E-state index is 0.321. The molecule has 0 saturated heterocycles. The summed E-state index contributed by atoms with van der Waals surface area (Å²) in [5.41, 5.74) is 8.65. The summed E-state index contributed by atoms with van der Waals surface area (Å²) in [6, 6.07) is 8.85. The molecule has 1 aromatic carbocycles. The van der Waals surface area contributed by atoms with Crippen LogP contribution in [0.1, 0.15) is 5.56 Å². The number of hydrogen-bond donors (Lipinski definition) is 1. The monoisotopic (exact) mass is 187 g/mol. The van der Waals surface area contributed by atoms with Crippen molar-refractivity contribution in [2.45, 2.75) is 12.5 Å². The van der Waals surface area contributed by atoms with Crippen molar-refractivity contribution < 1.29 is 0 Å². The Morgan fingerprint density at radius 2 is 2.21 bits per heavy atom. The van der Waals surface area contributed by atoms with Crippen LogP contribution in [0.4, 0.5) is 5.69 Å². The Bertz CT molecular complexity index is 397. The van der Waals surface area contributed by atoms with Gasteiger partial charge in [-0.3, -0.25) is 4.99 Å². The van der Waals surface area contributed by atoms with Gasteiger partial charge in [-0.25, -0.2) is 0 Å². The number of amidine groups is 1. The van der Waals surface area contributed by atoms with Crippen LogP contribution in [0.5, 0.6) is 0 Å². The van der Waals surface area contributed by atoms with Crippen molar-refractivity contribution in [2.24, 2.45) is 10.7 Å². The number of anilines is 1. The highest BCUT2D eigenvalue weighted by atomic mass is 15.2. The molecular formula is C11H13N3. The van der Waals surface area contributed by atoms with Gasteiger partial charge in [-0.15, -0.1) is 0 Å². The third-order valence-electron chi connectivity index (χ3n) is 3.07. The third kappa shape index (κ3) is 0.953. The van der Waals surface area contributed by atoms with Crippen molar-refractivity contribution in [1.29, 1.82) is 0 Å². The van der Waals surface area contributed by atoms with E-state index < -0.39 is 0 Å². The zero-order chi connectivity index (χ0) is 9.54. The van der Waals surface area contributed by atoms with Gasteiger partial charge in [0.15, 0.2) is 0 Å². The second kappa shape index (κ2) is 2.74. The van der Waals surface area contributed by atoms with Crippen LogP contribution >= 0.6 is 0 Å². The highest BCUT2D eigenvalue weighted by molar-refractivity contribution is 5.92. The number of benzene rings is 1. The topological polar surface area (TPSA) is 41.6 Å². The van der Waals surface area contributed by atoms with E-state index in [0.29, 0.717) is 6.04 Å². The lowest BCUT2D eigenvalue weighted by Crippen LogP contribution is -2.47. The molecule has 0 saturated carbocycles. The molecule has 1 atom stereocenters. The van der Waals surface area contributed by atoms with E-state index in [9.17, 15) is 0 Å². The summed E-state index contributed by atoms with van der Waals surface area (Å²) in [6.07, 6.45) is 1.02. The van der Waals surface area contributed by atoms with Crippen LogP contribution in [0.25, 0.3) is 0 Å². The highest BCUT2D eigenvalue weighted by Crippen LogP contribution is 2.32. The first-order valence-electron chi connectivity index (χ1n) is 5.00. The molecule has 3 nitrogen and oxygen atoms in total. The van der Waals surface area contributed by atoms with E-state index in [1.165, 1.54) is 11.3 Å². The Kier molecular flexibility index (Phi) is 1.54. The minimum absolute atomic E-state index is 0.321. The number of aliphatic imine (C=N–C) groups is 1. The zero-order valence-electron chi connectivity index (χ0n) is 7.98. The Hall–Kier alpha value is -1.51. The van der Waals surface area contributed by atoms with Gasteiger partial charge in [0.25, 0.3) is 0 Å². The Morgan fingerprint density at radius 3 is 3.14 bits per heavy atom. The van der Waals surface area contributed by atoms with Crippen molar-refractivity contribution >= 4 is 11.5 Å². The third-order valence-corrected chi connectivity index (χ3v) is 3.07. The fourth-order valence-electron chi connectivity index (χ4n) is 2.38. The summed E-state index contributed by atoms with van der Waals surface area (Å²) < 4.78 is 0. The molecule has 2 aliphatic rings. The summed E-state index contributed by atoms with van der Waals surface area (Å²) in [5, 5.41) is 0. The van der Waals surface area contributed by atoms with Gasteiger partial charge in [0.05, 0.1) is 12.6 Å². The average molecular weight is 187 g/mol. The van der Waals surface area contributed by atoms with Gasteiger partial charge in [0, 0.05) is 18.7 Å². The van der Waals surface area contributed by atoms with Crippen LogP contribution in [0, 0.1) is 0 Å². The average Bonchev–Trinajstić information content (AvgIpc) is 2.59. The maximum Gasteiger partial charge on any atom is 0.117 e. The first kappa shape index (κ1) is 7.85. The Morgan fingerprint density at radius 1 is 1.36 bits per heavy atom. The van der Waals surface area contributed by atoms with E-state index in [1.807, 2.05) is 0 Å². The van der Waals surface area contributed by atoms with Crippen LogP contribution in [0.15, 0.2) is 29.3 Å². The summed E-state index contributed by atoms with van der Waals surface area (Å²) in [7, 11) is 0. The second-order valence-electron chi connectivity index (χ2n) is 3.85. The molecule has 0 bridgehead atoms. The Balaban J connectivity index is 2.07. The largest absolute Gasteiger partial charge is 0.386 e. The fraction of sp³-hybridized carbons (Fsp3) is 0.364. The van der Waals surface area contributed by atoms with Gasteiger partial charge in [-0.2, -0.15) is 0 Å².